The number of rotatable bonds is 1. The summed E-state index contributed by atoms with van der Waals surface area (Å²) in [7, 11) is -0.290. The van der Waals surface area contributed by atoms with Gasteiger partial charge in [-0.15, -0.1) is 22.7 Å². The maximum Gasteiger partial charge on any atom is 0.494 e. The van der Waals surface area contributed by atoms with E-state index in [2.05, 4.69) is 65.7 Å². The smallest absolute Gasteiger partial charge is 0.399 e. The third-order valence-electron chi connectivity index (χ3n) is 5.17. The van der Waals surface area contributed by atoms with Crippen molar-refractivity contribution in [3.63, 3.8) is 0 Å². The average molecular weight is 475 g/mol. The molecule has 0 radical (unpaired) electrons. The zero-order valence-electron chi connectivity index (χ0n) is 16.1. The van der Waals surface area contributed by atoms with Crippen molar-refractivity contribution in [1.29, 1.82) is 0 Å². The fourth-order valence-corrected chi connectivity index (χ4v) is 4.78. The van der Waals surface area contributed by atoms with Gasteiger partial charge in [-0.2, -0.15) is 0 Å². The lowest BCUT2D eigenvalue weighted by Gasteiger charge is -2.32. The highest BCUT2D eigenvalue weighted by molar-refractivity contribution is 9.10. The molecule has 0 N–H and O–H groups in total. The second-order valence-electron chi connectivity index (χ2n) is 7.63. The van der Waals surface area contributed by atoms with Gasteiger partial charge in [-0.25, -0.2) is 9.97 Å². The van der Waals surface area contributed by atoms with E-state index in [1.165, 1.54) is 9.40 Å². The Morgan fingerprint density at radius 1 is 0.821 bits per heavy atom. The van der Waals surface area contributed by atoms with Crippen LogP contribution in [-0.2, 0) is 9.31 Å². The highest BCUT2D eigenvalue weighted by Gasteiger charge is 2.51. The molecule has 2 aromatic carbocycles. The number of benzene rings is 2. The lowest BCUT2D eigenvalue weighted by Crippen LogP contribution is -2.41. The highest BCUT2D eigenvalue weighted by atomic mass is 79.9. The molecular weight excluding hydrogens is 455 g/mol. The summed E-state index contributed by atoms with van der Waals surface area (Å²) >= 11 is 6.69. The van der Waals surface area contributed by atoms with Crippen molar-refractivity contribution in [2.45, 2.75) is 38.9 Å². The van der Waals surface area contributed by atoms with Gasteiger partial charge in [0.25, 0.3) is 0 Å². The molecule has 4 nitrogen and oxygen atoms in total. The maximum absolute atomic E-state index is 6.04. The van der Waals surface area contributed by atoms with Gasteiger partial charge in [-0.1, -0.05) is 22.0 Å². The van der Waals surface area contributed by atoms with Crippen LogP contribution in [0.15, 0.2) is 51.9 Å². The van der Waals surface area contributed by atoms with Gasteiger partial charge in [0.2, 0.25) is 0 Å². The van der Waals surface area contributed by atoms with Crippen LogP contribution in [0, 0.1) is 0 Å². The normalized spacial score (nSPS) is 17.7. The standard InChI is InChI=1S/C13H16BNO2S.C7H4BrNS/c1-12(2)13(3,4)17-14(16-12)9-5-6-10-11(7-9)18-8-15-10;8-5-1-2-6-7(3-5)10-4-9-6/h5-8H,1-4H3;1-4H. The lowest BCUT2D eigenvalue weighted by molar-refractivity contribution is 0.00578. The van der Waals surface area contributed by atoms with Crippen molar-refractivity contribution < 1.29 is 9.31 Å². The number of nitrogens with zero attached hydrogens (tertiary/aromatic N) is 2. The number of hydrogen-bond donors (Lipinski definition) is 0. The van der Waals surface area contributed by atoms with Crippen molar-refractivity contribution in [3.8, 4) is 0 Å². The Hall–Kier alpha value is -1.32. The van der Waals surface area contributed by atoms with Crippen LogP contribution >= 0.6 is 38.6 Å². The summed E-state index contributed by atoms with van der Waals surface area (Å²) in [6.07, 6.45) is 0. The third-order valence-corrected chi connectivity index (χ3v) is 7.25. The average Bonchev–Trinajstić information content (AvgIpc) is 3.32. The molecule has 0 atom stereocenters. The topological polar surface area (TPSA) is 44.2 Å². The van der Waals surface area contributed by atoms with Gasteiger partial charge in [0.05, 0.1) is 42.7 Å². The van der Waals surface area contributed by atoms with E-state index in [1.54, 1.807) is 22.7 Å². The number of aromatic nitrogens is 2. The SMILES string of the molecule is Brc1ccc2ncsc2c1.CC1(C)OB(c2ccc3ncsc3c2)OC1(C)C. The quantitative estimate of drug-likeness (QED) is 0.334. The molecule has 144 valence electrons. The number of hydrogen-bond acceptors (Lipinski definition) is 6. The highest BCUT2D eigenvalue weighted by Crippen LogP contribution is 2.36. The van der Waals surface area contributed by atoms with Gasteiger partial charge in [0.1, 0.15) is 0 Å². The van der Waals surface area contributed by atoms with Gasteiger partial charge in [0.15, 0.2) is 0 Å². The molecule has 0 spiro atoms. The van der Waals surface area contributed by atoms with Crippen LogP contribution in [0.1, 0.15) is 27.7 Å². The molecule has 5 rings (SSSR count). The molecule has 4 aromatic rings. The summed E-state index contributed by atoms with van der Waals surface area (Å²) in [4.78, 5) is 8.44. The molecule has 0 aliphatic carbocycles. The maximum atomic E-state index is 6.04. The fourth-order valence-electron chi connectivity index (χ4n) is 2.83. The van der Waals surface area contributed by atoms with Crippen LogP contribution in [0.4, 0.5) is 0 Å². The molecular formula is C20H20BBrN2O2S2. The number of halogens is 1. The molecule has 8 heteroatoms. The van der Waals surface area contributed by atoms with Crippen LogP contribution in [-0.4, -0.2) is 28.3 Å². The number of thiazole rings is 2. The second kappa shape index (κ2) is 7.50. The van der Waals surface area contributed by atoms with E-state index in [0.717, 1.165) is 21.0 Å². The van der Waals surface area contributed by atoms with Crippen molar-refractivity contribution in [2.24, 2.45) is 0 Å². The first kappa shape index (κ1) is 20.0. The third kappa shape index (κ3) is 3.89. The largest absolute Gasteiger partial charge is 0.494 e. The molecule has 0 bridgehead atoms. The van der Waals surface area contributed by atoms with Gasteiger partial charge >= 0.3 is 7.12 Å². The van der Waals surface area contributed by atoms with Crippen LogP contribution in [0.25, 0.3) is 20.4 Å². The molecule has 0 unspecified atom stereocenters. The monoisotopic (exact) mass is 474 g/mol. The van der Waals surface area contributed by atoms with Gasteiger partial charge in [-0.3, -0.25) is 0 Å². The molecule has 1 saturated heterocycles. The van der Waals surface area contributed by atoms with E-state index in [1.807, 2.05) is 35.3 Å². The first-order valence-corrected chi connectivity index (χ1v) is 11.5. The minimum Gasteiger partial charge on any atom is -0.399 e. The van der Waals surface area contributed by atoms with Crippen LogP contribution < -0.4 is 5.46 Å². The summed E-state index contributed by atoms with van der Waals surface area (Å²) in [5.74, 6) is 0. The second-order valence-corrected chi connectivity index (χ2v) is 10.3. The molecule has 1 aliphatic rings. The van der Waals surface area contributed by atoms with E-state index in [0.29, 0.717) is 0 Å². The van der Waals surface area contributed by atoms with Crippen molar-refractivity contribution in [1.82, 2.24) is 9.97 Å². The van der Waals surface area contributed by atoms with Crippen molar-refractivity contribution >= 4 is 71.6 Å². The van der Waals surface area contributed by atoms with E-state index in [9.17, 15) is 0 Å². The van der Waals surface area contributed by atoms with Gasteiger partial charge in [0, 0.05) is 4.47 Å². The molecule has 28 heavy (non-hydrogen) atoms. The Bertz CT molecular complexity index is 1110. The first-order chi connectivity index (χ1) is 13.2. The summed E-state index contributed by atoms with van der Waals surface area (Å²) in [5.41, 5.74) is 6.30. The molecule has 0 amide bonds. The Morgan fingerprint density at radius 3 is 1.96 bits per heavy atom. The predicted molar refractivity (Wildman–Crippen MR) is 123 cm³/mol. The van der Waals surface area contributed by atoms with Gasteiger partial charge in [-0.05, 0) is 63.5 Å². The Balaban J connectivity index is 0.000000162. The molecule has 1 aliphatic heterocycles. The van der Waals surface area contributed by atoms with E-state index >= 15 is 0 Å². The van der Waals surface area contributed by atoms with Crippen molar-refractivity contribution in [2.75, 3.05) is 0 Å². The van der Waals surface area contributed by atoms with E-state index in [4.69, 9.17) is 9.31 Å². The van der Waals surface area contributed by atoms with E-state index < -0.39 is 0 Å². The van der Waals surface area contributed by atoms with Crippen LogP contribution in [0.3, 0.4) is 0 Å². The zero-order valence-corrected chi connectivity index (χ0v) is 19.3. The van der Waals surface area contributed by atoms with Crippen molar-refractivity contribution in [3.05, 3.63) is 51.9 Å². The summed E-state index contributed by atoms with van der Waals surface area (Å²) in [6.45, 7) is 8.27. The van der Waals surface area contributed by atoms with Gasteiger partial charge < -0.3 is 9.31 Å². The Labute approximate surface area is 181 Å². The Morgan fingerprint density at radius 2 is 1.36 bits per heavy atom. The Kier molecular flexibility index (Phi) is 5.35. The van der Waals surface area contributed by atoms with Crippen LogP contribution in [0.2, 0.25) is 0 Å². The molecule has 2 aromatic heterocycles. The molecule has 0 saturated carbocycles. The lowest BCUT2D eigenvalue weighted by atomic mass is 9.79. The fraction of sp³-hybridized carbons (Fsp3) is 0.300. The first-order valence-electron chi connectivity index (χ1n) is 8.93. The number of fused-ring (bicyclic) bond motifs is 2. The summed E-state index contributed by atoms with van der Waals surface area (Å²) in [5, 5.41) is 0. The minimum absolute atomic E-state index is 0.290. The van der Waals surface area contributed by atoms with Crippen LogP contribution in [0.5, 0.6) is 0 Å². The minimum atomic E-state index is -0.291. The summed E-state index contributed by atoms with van der Waals surface area (Å²) in [6, 6.07) is 12.2. The molecule has 1 fully saturated rings. The summed E-state index contributed by atoms with van der Waals surface area (Å²) < 4.78 is 15.6. The van der Waals surface area contributed by atoms with E-state index in [-0.39, 0.29) is 18.3 Å². The predicted octanol–water partition coefficient (Wildman–Crippen LogP) is 5.65. The zero-order chi connectivity index (χ0) is 19.9. The molecule has 3 heterocycles.